The van der Waals surface area contributed by atoms with E-state index in [2.05, 4.69) is 0 Å². The fourth-order valence-corrected chi connectivity index (χ4v) is 7.00. The summed E-state index contributed by atoms with van der Waals surface area (Å²) in [6.45, 7) is 5.53. The van der Waals surface area contributed by atoms with E-state index in [-0.39, 0.29) is 174 Å². The predicted octanol–water partition coefficient (Wildman–Crippen LogP) is -13.5. The molecule has 0 bridgehead atoms. The molecule has 57 heavy (non-hydrogen) atoms. The van der Waals surface area contributed by atoms with Gasteiger partial charge in [-0.05, 0) is 77.3 Å². The number of aromatic hydroxyl groups is 1. The SMILES string of the molecule is CC1=C(CN(CC(=O)[O-])CC(=O)[O-])C(=O)C(C(C)C)=CC1=C(c1ccccc1S(=O)(=O)O)c1cc(C(C)C)c(O)c(CN(CC(=O)[O-])CC(=O)[O-])c1C.[Na+].[Na+].[Na+].[Na+]. The molecule has 286 valence electrons. The Morgan fingerprint density at radius 2 is 1.19 bits per heavy atom. The van der Waals surface area contributed by atoms with Crippen LogP contribution in [0.25, 0.3) is 5.57 Å². The van der Waals surface area contributed by atoms with Gasteiger partial charge in [0.2, 0.25) is 0 Å². The number of hydrogen-bond acceptors (Lipinski definition) is 14. The van der Waals surface area contributed by atoms with Crippen LogP contribution in [0.2, 0.25) is 0 Å². The number of aliphatic carboxylic acids is 4. The molecule has 0 aromatic heterocycles. The number of Topliss-reactive ketones (excluding diaryl/α,β-unsaturated/α-hetero) is 1. The first-order chi connectivity index (χ1) is 24.5. The monoisotopic (exact) mass is 844 g/mol. The predicted molar refractivity (Wildman–Crippen MR) is 182 cm³/mol. The minimum absolute atomic E-state index is 0. The molecule has 2 aromatic rings. The Morgan fingerprint density at radius 1 is 0.737 bits per heavy atom. The summed E-state index contributed by atoms with van der Waals surface area (Å²) in [4.78, 5) is 61.6. The zero-order valence-electron chi connectivity index (χ0n) is 34.0. The maximum atomic E-state index is 14.0. The zero-order valence-corrected chi connectivity index (χ0v) is 42.9. The number of phenols is 1. The topological polar surface area (TPSA) is 259 Å². The molecule has 2 aromatic carbocycles. The molecule has 0 atom stereocenters. The van der Waals surface area contributed by atoms with Gasteiger partial charge in [0.25, 0.3) is 10.1 Å². The van der Waals surface area contributed by atoms with Gasteiger partial charge in [-0.2, -0.15) is 8.42 Å². The van der Waals surface area contributed by atoms with Crippen LogP contribution in [0.4, 0.5) is 0 Å². The third-order valence-corrected chi connectivity index (χ3v) is 9.71. The van der Waals surface area contributed by atoms with Gasteiger partial charge in [-0.1, -0.05) is 45.9 Å². The van der Waals surface area contributed by atoms with Crippen LogP contribution in [-0.4, -0.2) is 90.3 Å². The number of carbonyl (C=O) groups excluding carboxylic acids is 5. The second-order valence-electron chi connectivity index (χ2n) is 13.3. The van der Waals surface area contributed by atoms with E-state index >= 15 is 0 Å². The molecule has 0 heterocycles. The number of benzene rings is 2. The second-order valence-corrected chi connectivity index (χ2v) is 14.7. The number of hydrogen-bond donors (Lipinski definition) is 2. The van der Waals surface area contributed by atoms with Crippen molar-refractivity contribution in [2.24, 2.45) is 5.92 Å². The van der Waals surface area contributed by atoms with Crippen LogP contribution in [-0.2, 0) is 40.6 Å². The van der Waals surface area contributed by atoms with E-state index in [1.165, 1.54) is 38.1 Å². The summed E-state index contributed by atoms with van der Waals surface area (Å²) in [5, 5.41) is 57.8. The molecule has 0 saturated carbocycles. The maximum absolute atomic E-state index is 14.0. The van der Waals surface area contributed by atoms with E-state index in [0.29, 0.717) is 5.56 Å². The van der Waals surface area contributed by atoms with Gasteiger partial charge >= 0.3 is 118 Å². The van der Waals surface area contributed by atoms with E-state index in [0.717, 1.165) is 15.9 Å². The van der Waals surface area contributed by atoms with Crippen LogP contribution in [0.1, 0.15) is 68.4 Å². The Kier molecular flexibility index (Phi) is 25.3. The van der Waals surface area contributed by atoms with Gasteiger partial charge in [0, 0.05) is 61.5 Å². The zero-order chi connectivity index (χ0) is 40.1. The smallest absolute Gasteiger partial charge is 0.549 e. The van der Waals surface area contributed by atoms with Crippen LogP contribution in [0.3, 0.4) is 0 Å². The molecular weight excluding hydrogens is 804 g/mol. The molecule has 0 amide bonds. The first kappa shape index (κ1) is 57.9. The van der Waals surface area contributed by atoms with Gasteiger partial charge in [0.15, 0.2) is 5.78 Å². The van der Waals surface area contributed by atoms with Crippen LogP contribution >= 0.6 is 0 Å². The molecule has 15 nitrogen and oxygen atoms in total. The Balaban J connectivity index is 0. The molecule has 3 rings (SSSR count). The summed E-state index contributed by atoms with van der Waals surface area (Å²) >= 11 is 0. The van der Waals surface area contributed by atoms with Gasteiger partial charge in [-0.25, -0.2) is 0 Å². The molecule has 0 saturated heterocycles. The molecule has 2 N–H and O–H groups in total. The number of carboxylic acids is 4. The number of ketones is 1. The summed E-state index contributed by atoms with van der Waals surface area (Å²) in [6.07, 6.45) is 1.52. The van der Waals surface area contributed by atoms with Crippen molar-refractivity contribution < 1.29 is 181 Å². The molecular formula is C37H40N2Na4O13S. The van der Waals surface area contributed by atoms with Gasteiger partial charge in [-0.3, -0.25) is 19.1 Å². The molecule has 0 fully saturated rings. The van der Waals surface area contributed by atoms with E-state index in [1.807, 2.05) is 0 Å². The summed E-state index contributed by atoms with van der Waals surface area (Å²) < 4.78 is 36.2. The third kappa shape index (κ3) is 15.4. The Labute approximate surface area is 420 Å². The summed E-state index contributed by atoms with van der Waals surface area (Å²) in [5.41, 5.74) is 1.48. The van der Waals surface area contributed by atoms with Crippen LogP contribution < -0.4 is 139 Å². The van der Waals surface area contributed by atoms with Crippen molar-refractivity contribution in [1.82, 2.24) is 9.80 Å². The Morgan fingerprint density at radius 3 is 1.61 bits per heavy atom. The van der Waals surface area contributed by atoms with E-state index in [9.17, 15) is 62.5 Å². The van der Waals surface area contributed by atoms with Gasteiger partial charge in [0.05, 0.1) is 23.9 Å². The first-order valence-corrected chi connectivity index (χ1v) is 17.9. The van der Waals surface area contributed by atoms with E-state index < -0.39 is 95.8 Å². The average Bonchev–Trinajstić information content (AvgIpc) is 3.01. The molecule has 0 radical (unpaired) electrons. The molecule has 0 unspecified atom stereocenters. The van der Waals surface area contributed by atoms with E-state index in [4.69, 9.17) is 0 Å². The normalized spacial score (nSPS) is 13.7. The standard InChI is InChI=1S/C37H44N2O13S.4Na/c1-19(2)24-11-26(21(5)28(36(24)48)13-38(15-31(40)41)16-32(42)43)35(23-9-7-8-10-30(23)53(50,51)52)27-12-25(20(3)4)37(49)29(22(27)6)14-39(17-33(44)45)18-34(46)47;;;;/h7-12,19-20,48H,13-18H2,1-6H3,(H,40,41)(H,42,43)(H,44,45)(H,46,47)(H,50,51,52);;;;/q;4*+1/p-4. The van der Waals surface area contributed by atoms with Crippen molar-refractivity contribution in [2.75, 3.05) is 32.7 Å². The van der Waals surface area contributed by atoms with Crippen molar-refractivity contribution in [2.45, 2.75) is 58.9 Å². The van der Waals surface area contributed by atoms with Gasteiger partial charge in [-0.15, -0.1) is 0 Å². The maximum Gasteiger partial charge on any atom is 1.00 e. The van der Waals surface area contributed by atoms with Crippen molar-refractivity contribution in [3.63, 3.8) is 0 Å². The molecule has 1 aliphatic carbocycles. The van der Waals surface area contributed by atoms with Crippen molar-refractivity contribution >= 4 is 45.4 Å². The minimum atomic E-state index is -4.94. The minimum Gasteiger partial charge on any atom is -0.549 e. The van der Waals surface area contributed by atoms with Gasteiger partial charge < -0.3 is 44.7 Å². The van der Waals surface area contributed by atoms with Gasteiger partial charge in [0.1, 0.15) is 10.6 Å². The summed E-state index contributed by atoms with van der Waals surface area (Å²) in [6, 6.07) is 6.97. The fourth-order valence-electron chi connectivity index (χ4n) is 6.30. The Hall–Kier alpha value is -1.16. The molecule has 0 spiro atoms. The number of carbonyl (C=O) groups is 5. The quantitative estimate of drug-likeness (QED) is 0.111. The number of rotatable bonds is 17. The number of phenolic OH excluding ortho intramolecular Hbond substituents is 1. The summed E-state index contributed by atoms with van der Waals surface area (Å²) in [7, 11) is -4.94. The van der Waals surface area contributed by atoms with Crippen molar-refractivity contribution in [3.8, 4) is 5.75 Å². The largest absolute Gasteiger partial charge is 1.00 e. The molecule has 20 heteroatoms. The summed E-state index contributed by atoms with van der Waals surface area (Å²) in [5.74, 6) is -8.16. The van der Waals surface area contributed by atoms with Crippen LogP contribution in [0.5, 0.6) is 5.75 Å². The number of nitrogens with zero attached hydrogens (tertiary/aromatic N) is 2. The number of carboxylic acid groups (broad SMARTS) is 4. The molecule has 0 aliphatic heterocycles. The second kappa shape index (κ2) is 24.9. The van der Waals surface area contributed by atoms with Crippen molar-refractivity contribution in [3.05, 3.63) is 86.5 Å². The van der Waals surface area contributed by atoms with E-state index in [1.54, 1.807) is 33.8 Å². The average molecular weight is 845 g/mol. The molecule has 1 aliphatic rings. The number of allylic oxidation sites excluding steroid dienone is 4. The van der Waals surface area contributed by atoms with Crippen LogP contribution in [0.15, 0.2) is 63.6 Å². The first-order valence-electron chi connectivity index (χ1n) is 16.4. The third-order valence-electron chi connectivity index (χ3n) is 8.80. The Bertz CT molecular complexity index is 2030. The van der Waals surface area contributed by atoms with Crippen molar-refractivity contribution in [1.29, 1.82) is 0 Å². The fraction of sp³-hybridized carbons (Fsp3) is 0.378. The van der Waals surface area contributed by atoms with Crippen LogP contribution in [0, 0.1) is 12.8 Å².